The van der Waals surface area contributed by atoms with Crippen molar-refractivity contribution in [2.45, 2.75) is 32.7 Å². The number of halogens is 2. The van der Waals surface area contributed by atoms with Gasteiger partial charge in [0.1, 0.15) is 0 Å². The van der Waals surface area contributed by atoms with E-state index in [1.807, 2.05) is 18.2 Å². The molecular formula is C23H22Cl2N2. The number of hydrogen-bond acceptors (Lipinski definition) is 1. The maximum atomic E-state index is 6.46. The third-order valence-corrected chi connectivity index (χ3v) is 6.58. The molecule has 1 fully saturated rings. The standard InChI is InChI=1S/C23H22Cl2N2/c1-14-3-6-21-19(9-14)23-16-7-8-26(12-16)13-22(23)27(21)11-15(2)18-5-4-17(24)10-20(18)25/h3-6,9-11,16H,7-8,12-13H2,1-2H3/b15-11+. The third-order valence-electron chi connectivity index (χ3n) is 6.04. The lowest BCUT2D eigenvalue weighted by Crippen LogP contribution is -2.25. The Hall–Kier alpha value is -1.74. The summed E-state index contributed by atoms with van der Waals surface area (Å²) >= 11 is 12.5. The van der Waals surface area contributed by atoms with Crippen molar-refractivity contribution in [2.24, 2.45) is 0 Å². The quantitative estimate of drug-likeness (QED) is 0.474. The van der Waals surface area contributed by atoms with Gasteiger partial charge in [-0.25, -0.2) is 0 Å². The Labute approximate surface area is 170 Å². The zero-order valence-corrected chi connectivity index (χ0v) is 17.1. The van der Waals surface area contributed by atoms with Crippen molar-refractivity contribution in [3.8, 4) is 0 Å². The molecule has 3 aromatic rings. The van der Waals surface area contributed by atoms with Gasteiger partial charge in [-0.2, -0.15) is 0 Å². The van der Waals surface area contributed by atoms with E-state index in [-0.39, 0.29) is 0 Å². The highest BCUT2D eigenvalue weighted by Crippen LogP contribution is 2.43. The minimum atomic E-state index is 0.659. The minimum Gasteiger partial charge on any atom is -0.318 e. The zero-order valence-electron chi connectivity index (χ0n) is 15.6. The van der Waals surface area contributed by atoms with Crippen LogP contribution in [0, 0.1) is 6.92 Å². The highest BCUT2D eigenvalue weighted by molar-refractivity contribution is 6.35. The maximum absolute atomic E-state index is 6.46. The first-order valence-corrected chi connectivity index (χ1v) is 10.3. The average Bonchev–Trinajstić information content (AvgIpc) is 3.14. The smallest absolute Gasteiger partial charge is 0.0529 e. The van der Waals surface area contributed by atoms with Crippen molar-refractivity contribution in [1.82, 2.24) is 9.47 Å². The topological polar surface area (TPSA) is 8.17 Å². The minimum absolute atomic E-state index is 0.659. The molecule has 0 N–H and O–H groups in total. The van der Waals surface area contributed by atoms with Gasteiger partial charge in [-0.15, -0.1) is 0 Å². The molecule has 2 nitrogen and oxygen atoms in total. The van der Waals surface area contributed by atoms with Gasteiger partial charge in [0.2, 0.25) is 0 Å². The average molecular weight is 397 g/mol. The summed E-state index contributed by atoms with van der Waals surface area (Å²) in [7, 11) is 0. The van der Waals surface area contributed by atoms with Crippen LogP contribution in [-0.4, -0.2) is 22.6 Å². The van der Waals surface area contributed by atoms with Crippen molar-refractivity contribution in [1.29, 1.82) is 0 Å². The number of nitrogens with zero attached hydrogens (tertiary/aromatic N) is 2. The molecule has 0 saturated carbocycles. The molecule has 0 aliphatic carbocycles. The van der Waals surface area contributed by atoms with Crippen molar-refractivity contribution in [2.75, 3.05) is 13.1 Å². The molecule has 5 rings (SSSR count). The second kappa shape index (κ2) is 6.41. The molecule has 0 amide bonds. The monoisotopic (exact) mass is 396 g/mol. The molecule has 2 aliphatic rings. The summed E-state index contributed by atoms with van der Waals surface area (Å²) in [6, 6.07) is 12.6. The fourth-order valence-corrected chi connectivity index (χ4v) is 5.32. The van der Waals surface area contributed by atoms with Crippen LogP contribution in [0.3, 0.4) is 0 Å². The van der Waals surface area contributed by atoms with Crippen LogP contribution >= 0.6 is 23.2 Å². The molecule has 2 atom stereocenters. The van der Waals surface area contributed by atoms with Gasteiger partial charge in [0, 0.05) is 46.3 Å². The predicted molar refractivity (Wildman–Crippen MR) is 116 cm³/mol. The number of benzene rings is 2. The predicted octanol–water partition coefficient (Wildman–Crippen LogP) is 6.58. The number of allylic oxidation sites excluding steroid dienone is 1. The summed E-state index contributed by atoms with van der Waals surface area (Å²) in [4.78, 5) is 2.58. The van der Waals surface area contributed by atoms with Gasteiger partial charge >= 0.3 is 0 Å². The second-order valence-electron chi connectivity index (χ2n) is 7.91. The number of aryl methyl sites for hydroxylation is 1. The third kappa shape index (κ3) is 2.82. The highest BCUT2D eigenvalue weighted by atomic mass is 35.5. The van der Waals surface area contributed by atoms with Crippen molar-refractivity contribution in [3.05, 3.63) is 68.8 Å². The molecule has 0 spiro atoms. The molecule has 1 aromatic heterocycles. The summed E-state index contributed by atoms with van der Waals surface area (Å²) in [6.45, 7) is 7.74. The Kier molecular flexibility index (Phi) is 4.12. The van der Waals surface area contributed by atoms with Crippen molar-refractivity contribution < 1.29 is 0 Å². The fraction of sp³-hybridized carbons (Fsp3) is 0.304. The molecule has 0 radical (unpaired) electrons. The van der Waals surface area contributed by atoms with Gasteiger partial charge in [0.05, 0.1) is 5.52 Å². The van der Waals surface area contributed by atoms with Crippen LogP contribution in [0.25, 0.3) is 22.7 Å². The van der Waals surface area contributed by atoms with E-state index in [4.69, 9.17) is 23.2 Å². The van der Waals surface area contributed by atoms with E-state index in [1.54, 1.807) is 5.56 Å². The van der Waals surface area contributed by atoms with Gasteiger partial charge in [-0.05, 0) is 67.8 Å². The van der Waals surface area contributed by atoms with E-state index in [9.17, 15) is 0 Å². The van der Waals surface area contributed by atoms with E-state index in [1.165, 1.54) is 41.7 Å². The van der Waals surface area contributed by atoms with Gasteiger partial charge in [0.15, 0.2) is 0 Å². The summed E-state index contributed by atoms with van der Waals surface area (Å²) in [6.07, 6.45) is 3.52. The summed E-state index contributed by atoms with van der Waals surface area (Å²) < 4.78 is 2.40. The van der Waals surface area contributed by atoms with Crippen LogP contribution in [0.5, 0.6) is 0 Å². The van der Waals surface area contributed by atoms with Crippen LogP contribution in [0.4, 0.5) is 0 Å². The van der Waals surface area contributed by atoms with Gasteiger partial charge < -0.3 is 4.57 Å². The molecule has 3 heterocycles. The SMILES string of the molecule is C/C(=C\n1c2c(c3cc(C)ccc31)C1CCN(C2)C1)c1ccc(Cl)cc1Cl. The largest absolute Gasteiger partial charge is 0.318 e. The van der Waals surface area contributed by atoms with Crippen molar-refractivity contribution in [3.63, 3.8) is 0 Å². The number of fused-ring (bicyclic) bond motifs is 6. The Morgan fingerprint density at radius 2 is 2.00 bits per heavy atom. The van der Waals surface area contributed by atoms with E-state index in [0.29, 0.717) is 16.0 Å². The van der Waals surface area contributed by atoms with E-state index >= 15 is 0 Å². The van der Waals surface area contributed by atoms with Gasteiger partial charge in [0.25, 0.3) is 0 Å². The normalized spacial score (nSPS) is 21.7. The molecule has 2 unspecified atom stereocenters. The Morgan fingerprint density at radius 1 is 1.15 bits per heavy atom. The van der Waals surface area contributed by atoms with Crippen molar-refractivity contribution >= 4 is 45.9 Å². The summed E-state index contributed by atoms with van der Waals surface area (Å²) in [5.74, 6) is 0.659. The number of hydrogen-bond donors (Lipinski definition) is 0. The molecule has 2 bridgehead atoms. The van der Waals surface area contributed by atoms with E-state index in [2.05, 4.69) is 47.7 Å². The number of rotatable bonds is 2. The summed E-state index contributed by atoms with van der Waals surface area (Å²) in [5.41, 5.74) is 7.79. The highest BCUT2D eigenvalue weighted by Gasteiger charge is 2.35. The first-order chi connectivity index (χ1) is 13.0. The van der Waals surface area contributed by atoms with Crippen LogP contribution in [-0.2, 0) is 6.54 Å². The van der Waals surface area contributed by atoms with Crippen LogP contribution in [0.2, 0.25) is 10.0 Å². The Morgan fingerprint density at radius 3 is 2.81 bits per heavy atom. The molecule has 27 heavy (non-hydrogen) atoms. The number of aromatic nitrogens is 1. The van der Waals surface area contributed by atoms with Crippen LogP contribution < -0.4 is 0 Å². The molecular weight excluding hydrogens is 375 g/mol. The molecule has 4 heteroatoms. The Bertz CT molecular complexity index is 1090. The van der Waals surface area contributed by atoms with Gasteiger partial charge in [-0.1, -0.05) is 40.9 Å². The lowest BCUT2D eigenvalue weighted by molar-refractivity contribution is 0.308. The summed E-state index contributed by atoms with van der Waals surface area (Å²) in [5, 5.41) is 2.78. The fourth-order valence-electron chi connectivity index (χ4n) is 4.77. The maximum Gasteiger partial charge on any atom is 0.0529 e. The van der Waals surface area contributed by atoms with Crippen LogP contribution in [0.15, 0.2) is 36.4 Å². The van der Waals surface area contributed by atoms with E-state index in [0.717, 1.165) is 17.7 Å². The van der Waals surface area contributed by atoms with Gasteiger partial charge in [-0.3, -0.25) is 4.90 Å². The van der Waals surface area contributed by atoms with E-state index < -0.39 is 0 Å². The Balaban J connectivity index is 1.73. The lowest BCUT2D eigenvalue weighted by atomic mass is 9.93. The molecule has 2 aromatic carbocycles. The lowest BCUT2D eigenvalue weighted by Gasteiger charge is -2.24. The second-order valence-corrected chi connectivity index (χ2v) is 8.75. The van der Waals surface area contributed by atoms with Crippen LogP contribution in [0.1, 0.15) is 41.6 Å². The zero-order chi connectivity index (χ0) is 18.7. The first kappa shape index (κ1) is 17.4. The molecule has 2 aliphatic heterocycles. The molecule has 138 valence electrons. The first-order valence-electron chi connectivity index (χ1n) is 9.51. The molecule has 1 saturated heterocycles.